The van der Waals surface area contributed by atoms with Crippen LogP contribution in [0.2, 0.25) is 0 Å². The van der Waals surface area contributed by atoms with Crippen molar-refractivity contribution in [1.29, 1.82) is 0 Å². The molecule has 2 N–H and O–H groups in total. The number of likely N-dealkylation sites (tertiary alicyclic amines) is 1. The number of hydrogen-bond acceptors (Lipinski definition) is 3. The summed E-state index contributed by atoms with van der Waals surface area (Å²) in [6.07, 6.45) is 7.62. The van der Waals surface area contributed by atoms with Crippen LogP contribution in [0, 0.1) is 5.82 Å². The fourth-order valence-electron chi connectivity index (χ4n) is 3.95. The number of amides is 2. The van der Waals surface area contributed by atoms with Gasteiger partial charge < -0.3 is 10.2 Å². The molecule has 7 heteroatoms. The van der Waals surface area contributed by atoms with Gasteiger partial charge in [-0.3, -0.25) is 5.10 Å². The van der Waals surface area contributed by atoms with E-state index in [-0.39, 0.29) is 17.9 Å². The van der Waals surface area contributed by atoms with Gasteiger partial charge in [0.25, 0.3) is 0 Å². The second-order valence-corrected chi connectivity index (χ2v) is 7.19. The highest BCUT2D eigenvalue weighted by molar-refractivity contribution is 5.75. The highest BCUT2D eigenvalue weighted by Crippen LogP contribution is 2.31. The number of benzene rings is 1. The maximum absolute atomic E-state index is 13.1. The monoisotopic (exact) mass is 357 g/mol. The van der Waals surface area contributed by atoms with Crippen LogP contribution in [-0.2, 0) is 0 Å². The van der Waals surface area contributed by atoms with E-state index in [0.29, 0.717) is 17.7 Å². The third-order valence-corrected chi connectivity index (χ3v) is 5.37. The van der Waals surface area contributed by atoms with Crippen LogP contribution >= 0.6 is 0 Å². The second-order valence-electron chi connectivity index (χ2n) is 7.19. The molecule has 1 aromatic carbocycles. The van der Waals surface area contributed by atoms with Crippen LogP contribution in [0.4, 0.5) is 9.18 Å². The maximum Gasteiger partial charge on any atom is 0.318 e. The van der Waals surface area contributed by atoms with Crippen molar-refractivity contribution in [2.45, 2.75) is 57.0 Å². The van der Waals surface area contributed by atoms with Gasteiger partial charge in [-0.15, -0.1) is 0 Å². The lowest BCUT2D eigenvalue weighted by Crippen LogP contribution is -2.45. The van der Waals surface area contributed by atoms with Crippen molar-refractivity contribution in [2.24, 2.45) is 0 Å². The van der Waals surface area contributed by atoms with Crippen LogP contribution < -0.4 is 5.32 Å². The van der Waals surface area contributed by atoms with Crippen molar-refractivity contribution in [3.05, 3.63) is 35.9 Å². The largest absolute Gasteiger partial charge is 0.335 e. The predicted octanol–water partition coefficient (Wildman–Crippen LogP) is 3.79. The van der Waals surface area contributed by atoms with Crippen molar-refractivity contribution in [1.82, 2.24) is 25.4 Å². The van der Waals surface area contributed by atoms with Crippen LogP contribution in [-0.4, -0.2) is 38.7 Å². The van der Waals surface area contributed by atoms with Crippen molar-refractivity contribution in [3.63, 3.8) is 0 Å². The first-order chi connectivity index (χ1) is 12.7. The van der Waals surface area contributed by atoms with Crippen LogP contribution in [0.15, 0.2) is 24.3 Å². The van der Waals surface area contributed by atoms with Crippen LogP contribution in [0.1, 0.15) is 56.8 Å². The van der Waals surface area contributed by atoms with Gasteiger partial charge in [-0.1, -0.05) is 19.3 Å². The third-order valence-electron chi connectivity index (χ3n) is 5.37. The maximum atomic E-state index is 13.1. The highest BCUT2D eigenvalue weighted by atomic mass is 19.1. The molecule has 0 spiro atoms. The number of aromatic nitrogens is 3. The Balaban J connectivity index is 1.46. The molecule has 26 heavy (non-hydrogen) atoms. The molecule has 6 nitrogen and oxygen atoms in total. The Morgan fingerprint density at radius 1 is 1.12 bits per heavy atom. The fourth-order valence-corrected chi connectivity index (χ4v) is 3.95. The van der Waals surface area contributed by atoms with Gasteiger partial charge in [0.15, 0.2) is 5.82 Å². The van der Waals surface area contributed by atoms with E-state index in [1.165, 1.54) is 31.4 Å². The molecule has 1 atom stereocenters. The summed E-state index contributed by atoms with van der Waals surface area (Å²) < 4.78 is 13.1. The molecule has 1 saturated carbocycles. The molecule has 0 radical (unpaired) electrons. The third kappa shape index (κ3) is 3.57. The lowest BCUT2D eigenvalue weighted by atomic mass is 9.96. The minimum atomic E-state index is -0.286. The first-order valence-electron chi connectivity index (χ1n) is 9.46. The Bertz CT molecular complexity index is 754. The summed E-state index contributed by atoms with van der Waals surface area (Å²) in [5.74, 6) is 0.936. The quantitative estimate of drug-likeness (QED) is 0.878. The van der Waals surface area contributed by atoms with Crippen LogP contribution in [0.25, 0.3) is 11.4 Å². The SMILES string of the molecule is O=C(NC1CCCCC1)N1CCCC1c1nc(-c2ccc(F)cc2)n[nH]1. The Hall–Kier alpha value is -2.44. The van der Waals surface area contributed by atoms with E-state index in [4.69, 9.17) is 0 Å². The van der Waals surface area contributed by atoms with E-state index in [1.54, 1.807) is 12.1 Å². The van der Waals surface area contributed by atoms with Gasteiger partial charge >= 0.3 is 6.03 Å². The minimum absolute atomic E-state index is 0.000804. The van der Waals surface area contributed by atoms with E-state index in [0.717, 1.165) is 37.8 Å². The number of halogens is 1. The summed E-state index contributed by atoms with van der Waals surface area (Å²) >= 11 is 0. The standard InChI is InChI=1S/C19H24FN5O/c20-14-10-8-13(9-11-14)17-22-18(24-23-17)16-7-4-12-25(16)19(26)21-15-5-2-1-3-6-15/h8-11,15-16H,1-7,12H2,(H,21,26)(H,22,23,24). The van der Waals surface area contributed by atoms with Crippen molar-refractivity contribution < 1.29 is 9.18 Å². The average Bonchev–Trinajstić information content (AvgIpc) is 3.32. The molecular weight excluding hydrogens is 333 g/mol. The molecule has 1 aliphatic carbocycles. The van der Waals surface area contributed by atoms with Crippen LogP contribution in [0.5, 0.6) is 0 Å². The molecule has 0 bridgehead atoms. The Labute approximate surface area is 152 Å². The molecule has 2 aromatic rings. The number of nitrogens with zero attached hydrogens (tertiary/aromatic N) is 3. The summed E-state index contributed by atoms with van der Waals surface area (Å²) in [5, 5.41) is 10.4. The molecule has 2 aliphatic rings. The van der Waals surface area contributed by atoms with Crippen LogP contribution in [0.3, 0.4) is 0 Å². The number of aromatic amines is 1. The fraction of sp³-hybridized carbons (Fsp3) is 0.526. The molecule has 1 aromatic heterocycles. The van der Waals surface area contributed by atoms with E-state index in [1.807, 2.05) is 4.90 Å². The summed E-state index contributed by atoms with van der Waals surface area (Å²) in [5.41, 5.74) is 0.755. The number of nitrogens with one attached hydrogen (secondary N) is 2. The number of carbonyl (C=O) groups is 1. The summed E-state index contributed by atoms with van der Waals surface area (Å²) in [6.45, 7) is 0.732. The van der Waals surface area contributed by atoms with Crippen molar-refractivity contribution in [2.75, 3.05) is 6.54 Å². The topological polar surface area (TPSA) is 73.9 Å². The second kappa shape index (κ2) is 7.43. The van der Waals surface area contributed by atoms with Gasteiger partial charge in [0.2, 0.25) is 0 Å². The molecule has 1 unspecified atom stereocenters. The zero-order chi connectivity index (χ0) is 17.9. The number of H-pyrrole nitrogens is 1. The molecule has 2 amide bonds. The Morgan fingerprint density at radius 2 is 1.88 bits per heavy atom. The lowest BCUT2D eigenvalue weighted by Gasteiger charge is -2.28. The van der Waals surface area contributed by atoms with E-state index >= 15 is 0 Å². The molecule has 4 rings (SSSR count). The zero-order valence-corrected chi connectivity index (χ0v) is 14.7. The van der Waals surface area contributed by atoms with Gasteiger partial charge in [-0.05, 0) is 49.9 Å². The first-order valence-corrected chi connectivity index (χ1v) is 9.46. The number of urea groups is 1. The smallest absolute Gasteiger partial charge is 0.318 e. The number of rotatable bonds is 3. The molecule has 138 valence electrons. The zero-order valence-electron chi connectivity index (χ0n) is 14.7. The van der Waals surface area contributed by atoms with Crippen molar-refractivity contribution >= 4 is 6.03 Å². The van der Waals surface area contributed by atoms with E-state index in [9.17, 15) is 9.18 Å². The highest BCUT2D eigenvalue weighted by Gasteiger charge is 2.33. The summed E-state index contributed by atoms with van der Waals surface area (Å²) in [4.78, 5) is 19.1. The molecule has 1 aliphatic heterocycles. The molecule has 2 heterocycles. The van der Waals surface area contributed by atoms with E-state index < -0.39 is 0 Å². The summed E-state index contributed by atoms with van der Waals surface area (Å²) in [6, 6.07) is 6.31. The predicted molar refractivity (Wildman–Crippen MR) is 95.9 cm³/mol. The Kier molecular flexibility index (Phi) is 4.86. The van der Waals surface area contributed by atoms with E-state index in [2.05, 4.69) is 20.5 Å². The average molecular weight is 357 g/mol. The normalized spacial score (nSPS) is 21.1. The molecule has 2 fully saturated rings. The van der Waals surface area contributed by atoms with Gasteiger partial charge in [-0.25, -0.2) is 14.2 Å². The summed E-state index contributed by atoms with van der Waals surface area (Å²) in [7, 11) is 0. The van der Waals surface area contributed by atoms with Gasteiger partial charge in [0, 0.05) is 18.2 Å². The van der Waals surface area contributed by atoms with Gasteiger partial charge in [0.1, 0.15) is 11.6 Å². The van der Waals surface area contributed by atoms with Gasteiger partial charge in [0.05, 0.1) is 6.04 Å². The van der Waals surface area contributed by atoms with Gasteiger partial charge in [-0.2, -0.15) is 5.10 Å². The lowest BCUT2D eigenvalue weighted by molar-refractivity contribution is 0.183. The molecule has 1 saturated heterocycles. The number of hydrogen-bond donors (Lipinski definition) is 2. The number of carbonyl (C=O) groups excluding carboxylic acids is 1. The van der Waals surface area contributed by atoms with Crippen molar-refractivity contribution in [3.8, 4) is 11.4 Å². The molecular formula is C19H24FN5O. The minimum Gasteiger partial charge on any atom is -0.335 e. The first kappa shape index (κ1) is 17.0. The Morgan fingerprint density at radius 3 is 2.65 bits per heavy atom.